The van der Waals surface area contributed by atoms with Crippen LogP contribution in [-0.4, -0.2) is 38.9 Å². The van der Waals surface area contributed by atoms with Crippen LogP contribution in [0.15, 0.2) is 24.3 Å². The molecule has 1 aliphatic heterocycles. The van der Waals surface area contributed by atoms with Gasteiger partial charge in [-0.05, 0) is 31.2 Å². The molecule has 138 valence electrons. The lowest BCUT2D eigenvalue weighted by Gasteiger charge is -2.29. The van der Waals surface area contributed by atoms with Crippen LogP contribution >= 0.6 is 0 Å². The second-order valence-corrected chi connectivity index (χ2v) is 7.60. The number of benzene rings is 1. The van der Waals surface area contributed by atoms with Gasteiger partial charge in [-0.15, -0.1) is 5.10 Å². The van der Waals surface area contributed by atoms with Gasteiger partial charge in [0.05, 0.1) is 6.54 Å². The van der Waals surface area contributed by atoms with Gasteiger partial charge < -0.3 is 10.2 Å². The molecule has 2 aromatic rings. The molecule has 0 radical (unpaired) electrons. The fourth-order valence-electron chi connectivity index (χ4n) is 4.15. The van der Waals surface area contributed by atoms with E-state index >= 15 is 0 Å². The Bertz CT molecular complexity index is 778. The molecule has 26 heavy (non-hydrogen) atoms. The minimum Gasteiger partial charge on any atom is -0.335 e. The lowest BCUT2D eigenvalue weighted by molar-refractivity contribution is 0.0666. The predicted molar refractivity (Wildman–Crippen MR) is 99.6 cm³/mol. The molecule has 4 rings (SSSR count). The van der Waals surface area contributed by atoms with E-state index in [9.17, 15) is 4.79 Å². The van der Waals surface area contributed by atoms with E-state index in [2.05, 4.69) is 46.8 Å². The molecule has 1 amide bonds. The standard InChI is InChI=1S/C20H27N5O/c1-15-5-4-8-17(11-15)12-21-13-18-19-20(26)24(9-10-25(19)23-22-18)14-16-6-2-3-7-16/h4-5,8,11,16,21H,2-3,6-7,9-10,12-14H2,1H3. The Kier molecular flexibility index (Phi) is 5.02. The molecule has 1 fully saturated rings. The van der Waals surface area contributed by atoms with E-state index in [1.165, 1.54) is 36.8 Å². The normalized spacial score (nSPS) is 17.7. The molecule has 6 nitrogen and oxygen atoms in total. The molecule has 0 atom stereocenters. The first-order chi connectivity index (χ1) is 12.7. The zero-order valence-corrected chi connectivity index (χ0v) is 15.4. The van der Waals surface area contributed by atoms with Crippen molar-refractivity contribution >= 4 is 5.91 Å². The smallest absolute Gasteiger partial charge is 0.274 e. The average molecular weight is 353 g/mol. The number of hydrogen-bond donors (Lipinski definition) is 1. The summed E-state index contributed by atoms with van der Waals surface area (Å²) in [5.74, 6) is 0.768. The van der Waals surface area contributed by atoms with Crippen molar-refractivity contribution in [3.8, 4) is 0 Å². The topological polar surface area (TPSA) is 63.1 Å². The van der Waals surface area contributed by atoms with Crippen LogP contribution in [0.4, 0.5) is 0 Å². The number of rotatable bonds is 6. The van der Waals surface area contributed by atoms with E-state index in [0.29, 0.717) is 18.2 Å². The maximum atomic E-state index is 13.0. The van der Waals surface area contributed by atoms with Gasteiger partial charge in [0.25, 0.3) is 5.91 Å². The third-order valence-corrected chi connectivity index (χ3v) is 5.53. The first-order valence-corrected chi connectivity index (χ1v) is 9.68. The van der Waals surface area contributed by atoms with Gasteiger partial charge in [0, 0.05) is 26.2 Å². The molecule has 1 aromatic heterocycles. The number of hydrogen-bond acceptors (Lipinski definition) is 4. The Hall–Kier alpha value is -2.21. The average Bonchev–Trinajstić information content (AvgIpc) is 3.28. The predicted octanol–water partition coefficient (Wildman–Crippen LogP) is 2.52. The molecular weight excluding hydrogens is 326 g/mol. The van der Waals surface area contributed by atoms with Crippen LogP contribution in [0.2, 0.25) is 0 Å². The lowest BCUT2D eigenvalue weighted by Crippen LogP contribution is -2.43. The van der Waals surface area contributed by atoms with Crippen molar-refractivity contribution in [3.05, 3.63) is 46.8 Å². The summed E-state index contributed by atoms with van der Waals surface area (Å²) in [5.41, 5.74) is 3.92. The highest BCUT2D eigenvalue weighted by Crippen LogP contribution is 2.27. The minimum atomic E-state index is 0.0977. The van der Waals surface area contributed by atoms with Crippen LogP contribution in [-0.2, 0) is 19.6 Å². The summed E-state index contributed by atoms with van der Waals surface area (Å²) in [6, 6.07) is 8.44. The van der Waals surface area contributed by atoms with Crippen LogP contribution in [0.5, 0.6) is 0 Å². The molecule has 2 heterocycles. The number of aryl methyl sites for hydroxylation is 1. The Balaban J connectivity index is 1.40. The quantitative estimate of drug-likeness (QED) is 0.867. The number of amides is 1. The van der Waals surface area contributed by atoms with Crippen molar-refractivity contribution in [1.29, 1.82) is 0 Å². The fraction of sp³-hybridized carbons (Fsp3) is 0.550. The molecule has 1 N–H and O–H groups in total. The summed E-state index contributed by atoms with van der Waals surface area (Å²) in [5, 5.41) is 11.9. The molecule has 0 bridgehead atoms. The monoisotopic (exact) mass is 353 g/mol. The maximum absolute atomic E-state index is 13.0. The van der Waals surface area contributed by atoms with E-state index in [1.54, 1.807) is 4.68 Å². The second kappa shape index (κ2) is 7.58. The van der Waals surface area contributed by atoms with Crippen LogP contribution in [0.3, 0.4) is 0 Å². The summed E-state index contributed by atoms with van der Waals surface area (Å²) < 4.78 is 1.77. The van der Waals surface area contributed by atoms with Crippen molar-refractivity contribution in [2.75, 3.05) is 13.1 Å². The molecule has 0 saturated heterocycles. The summed E-state index contributed by atoms with van der Waals surface area (Å²) >= 11 is 0. The number of aromatic nitrogens is 3. The molecule has 6 heteroatoms. The number of nitrogens with one attached hydrogen (secondary N) is 1. The van der Waals surface area contributed by atoms with E-state index in [1.807, 2.05) is 4.90 Å². The molecule has 1 aromatic carbocycles. The lowest BCUT2D eigenvalue weighted by atomic mass is 10.1. The highest BCUT2D eigenvalue weighted by molar-refractivity contribution is 5.94. The molecule has 1 saturated carbocycles. The second-order valence-electron chi connectivity index (χ2n) is 7.60. The fourth-order valence-corrected chi connectivity index (χ4v) is 4.15. The Labute approximate surface area is 154 Å². The summed E-state index contributed by atoms with van der Waals surface area (Å²) in [4.78, 5) is 15.0. The number of carbonyl (C=O) groups is 1. The molecule has 0 unspecified atom stereocenters. The first-order valence-electron chi connectivity index (χ1n) is 9.68. The van der Waals surface area contributed by atoms with Gasteiger partial charge in [0.1, 0.15) is 5.69 Å². The summed E-state index contributed by atoms with van der Waals surface area (Å²) in [7, 11) is 0. The SMILES string of the molecule is Cc1cccc(CNCc2nnn3c2C(=O)N(CC2CCCC2)CC3)c1. The Morgan fingerprint density at radius 3 is 2.85 bits per heavy atom. The van der Waals surface area contributed by atoms with Crippen LogP contribution in [0, 0.1) is 12.8 Å². The van der Waals surface area contributed by atoms with E-state index in [-0.39, 0.29) is 5.91 Å². The van der Waals surface area contributed by atoms with Crippen molar-refractivity contribution in [2.24, 2.45) is 5.92 Å². The maximum Gasteiger partial charge on any atom is 0.274 e. The van der Waals surface area contributed by atoms with Gasteiger partial charge in [-0.3, -0.25) is 4.79 Å². The van der Waals surface area contributed by atoms with Crippen LogP contribution in [0.1, 0.15) is 53.0 Å². The minimum absolute atomic E-state index is 0.0977. The third kappa shape index (κ3) is 3.65. The third-order valence-electron chi connectivity index (χ3n) is 5.53. The molecular formula is C20H27N5O. The first kappa shape index (κ1) is 17.2. The van der Waals surface area contributed by atoms with Gasteiger partial charge in [-0.2, -0.15) is 0 Å². The van der Waals surface area contributed by atoms with E-state index < -0.39 is 0 Å². The Morgan fingerprint density at radius 1 is 1.19 bits per heavy atom. The zero-order valence-electron chi connectivity index (χ0n) is 15.4. The van der Waals surface area contributed by atoms with Crippen LogP contribution < -0.4 is 5.32 Å². The number of nitrogens with zero attached hydrogens (tertiary/aromatic N) is 4. The van der Waals surface area contributed by atoms with Crippen molar-refractivity contribution in [3.63, 3.8) is 0 Å². The van der Waals surface area contributed by atoms with Crippen molar-refractivity contribution in [1.82, 2.24) is 25.2 Å². The molecule has 0 spiro atoms. The molecule has 1 aliphatic carbocycles. The van der Waals surface area contributed by atoms with Gasteiger partial charge in [-0.1, -0.05) is 47.9 Å². The van der Waals surface area contributed by atoms with E-state index in [0.717, 1.165) is 31.9 Å². The highest BCUT2D eigenvalue weighted by Gasteiger charge is 2.31. The molecule has 2 aliphatic rings. The number of carbonyl (C=O) groups excluding carboxylic acids is 1. The largest absolute Gasteiger partial charge is 0.335 e. The van der Waals surface area contributed by atoms with E-state index in [4.69, 9.17) is 0 Å². The van der Waals surface area contributed by atoms with Crippen LogP contribution in [0.25, 0.3) is 0 Å². The highest BCUT2D eigenvalue weighted by atomic mass is 16.2. The summed E-state index contributed by atoms with van der Waals surface area (Å²) in [6.07, 6.45) is 5.12. The number of fused-ring (bicyclic) bond motifs is 1. The van der Waals surface area contributed by atoms with Crippen molar-refractivity contribution in [2.45, 2.75) is 52.2 Å². The van der Waals surface area contributed by atoms with Crippen molar-refractivity contribution < 1.29 is 4.79 Å². The summed E-state index contributed by atoms with van der Waals surface area (Å²) in [6.45, 7) is 5.80. The zero-order chi connectivity index (χ0) is 17.9. The van der Waals surface area contributed by atoms with Gasteiger partial charge in [0.15, 0.2) is 5.69 Å². The van der Waals surface area contributed by atoms with Gasteiger partial charge in [-0.25, -0.2) is 4.68 Å². The van der Waals surface area contributed by atoms with Gasteiger partial charge >= 0.3 is 0 Å². The van der Waals surface area contributed by atoms with Gasteiger partial charge in [0.2, 0.25) is 0 Å². The Morgan fingerprint density at radius 2 is 2.04 bits per heavy atom.